The lowest BCUT2D eigenvalue weighted by Crippen LogP contribution is -2.66. The molecule has 0 saturated heterocycles. The molecule has 20 heavy (non-hydrogen) atoms. The maximum absolute atomic E-state index is 11.3. The Labute approximate surface area is 123 Å². The van der Waals surface area contributed by atoms with Crippen LogP contribution in [0.2, 0.25) is 0 Å². The maximum Gasteiger partial charge on any atom is 0.0917 e. The van der Waals surface area contributed by atoms with Crippen LogP contribution in [0.4, 0.5) is 0 Å². The third kappa shape index (κ3) is 2.53. The lowest BCUT2D eigenvalue weighted by Gasteiger charge is -2.59. The summed E-state index contributed by atoms with van der Waals surface area (Å²) >= 11 is 0. The van der Waals surface area contributed by atoms with Gasteiger partial charge in [0.15, 0.2) is 0 Å². The predicted molar refractivity (Wildman–Crippen MR) is 80.4 cm³/mol. The van der Waals surface area contributed by atoms with E-state index in [2.05, 4.69) is 20.8 Å². The van der Waals surface area contributed by atoms with Gasteiger partial charge in [-0.3, -0.25) is 0 Å². The number of aliphatic hydroxyl groups is 2. The van der Waals surface area contributed by atoms with Crippen LogP contribution in [0.25, 0.3) is 0 Å². The van der Waals surface area contributed by atoms with Gasteiger partial charge in [-0.2, -0.15) is 0 Å². The predicted octanol–water partition coefficient (Wildman–Crippen LogP) is 2.99. The van der Waals surface area contributed by atoms with Crippen LogP contribution in [-0.4, -0.2) is 34.1 Å². The highest BCUT2D eigenvalue weighted by atomic mass is 16.5. The van der Waals surface area contributed by atoms with Crippen LogP contribution in [0.1, 0.15) is 60.3 Å². The molecule has 0 aromatic carbocycles. The van der Waals surface area contributed by atoms with Crippen LogP contribution in [0.5, 0.6) is 0 Å². The number of hydrogen-bond donors (Lipinski definition) is 2. The number of rotatable bonds is 3. The molecule has 6 atom stereocenters. The zero-order chi connectivity index (χ0) is 15.1. The first-order chi connectivity index (χ1) is 9.24. The second-order valence-electron chi connectivity index (χ2n) is 7.64. The van der Waals surface area contributed by atoms with Gasteiger partial charge in [0.1, 0.15) is 0 Å². The molecule has 0 radical (unpaired) electrons. The minimum Gasteiger partial charge on any atom is -0.389 e. The Hall–Kier alpha value is -0.120. The first-order valence-corrected chi connectivity index (χ1v) is 8.30. The van der Waals surface area contributed by atoms with E-state index in [0.717, 1.165) is 12.8 Å². The zero-order valence-corrected chi connectivity index (χ0v) is 13.7. The summed E-state index contributed by atoms with van der Waals surface area (Å²) in [5.41, 5.74) is -1.49. The van der Waals surface area contributed by atoms with Crippen molar-refractivity contribution in [2.75, 3.05) is 6.61 Å². The van der Waals surface area contributed by atoms with E-state index in [1.165, 1.54) is 0 Å². The lowest BCUT2D eigenvalue weighted by atomic mass is 9.53. The van der Waals surface area contributed by atoms with Crippen LogP contribution in [0.15, 0.2) is 0 Å². The number of fused-ring (bicyclic) bond motifs is 1. The lowest BCUT2D eigenvalue weighted by molar-refractivity contribution is -0.249. The van der Waals surface area contributed by atoms with Gasteiger partial charge in [0.25, 0.3) is 0 Å². The minimum absolute atomic E-state index is 0.0509. The highest BCUT2D eigenvalue weighted by molar-refractivity contribution is 5.10. The third-order valence-corrected chi connectivity index (χ3v) is 6.00. The monoisotopic (exact) mass is 284 g/mol. The second-order valence-corrected chi connectivity index (χ2v) is 7.64. The van der Waals surface area contributed by atoms with Crippen LogP contribution in [-0.2, 0) is 4.74 Å². The number of ether oxygens (including phenoxy) is 1. The van der Waals surface area contributed by atoms with Gasteiger partial charge in [-0.15, -0.1) is 0 Å². The van der Waals surface area contributed by atoms with Gasteiger partial charge in [0.2, 0.25) is 0 Å². The molecule has 0 spiro atoms. The smallest absolute Gasteiger partial charge is 0.0917 e. The molecule has 0 aromatic heterocycles. The van der Waals surface area contributed by atoms with E-state index in [-0.39, 0.29) is 12.0 Å². The van der Waals surface area contributed by atoms with E-state index >= 15 is 0 Å². The molecule has 118 valence electrons. The van der Waals surface area contributed by atoms with Gasteiger partial charge in [-0.1, -0.05) is 20.8 Å². The molecule has 0 heterocycles. The summed E-state index contributed by atoms with van der Waals surface area (Å²) in [6.07, 6.45) is 3.28. The van der Waals surface area contributed by atoms with Crippen molar-refractivity contribution in [3.05, 3.63) is 0 Å². The normalized spacial score (nSPS) is 49.2. The van der Waals surface area contributed by atoms with E-state index in [9.17, 15) is 10.2 Å². The van der Waals surface area contributed by atoms with Crippen molar-refractivity contribution in [1.82, 2.24) is 0 Å². The Kier molecular flexibility index (Phi) is 4.54. The molecule has 0 aromatic rings. The second kappa shape index (κ2) is 5.58. The highest BCUT2D eigenvalue weighted by Gasteiger charge is 2.59. The van der Waals surface area contributed by atoms with Crippen LogP contribution >= 0.6 is 0 Å². The molecular formula is C17H32O3. The molecule has 3 nitrogen and oxygen atoms in total. The Balaban J connectivity index is 2.40. The standard InChI is InChI=1S/C17H32O3/c1-6-20-15-14-13(11(2)3)8-7-12(4)17(14,19)10-9-16(15,5)18/h11-15,18-19H,6-10H2,1-5H3/t12-,13+,14-,15-,16-,17-/m1/s1. The quantitative estimate of drug-likeness (QED) is 0.837. The average Bonchev–Trinajstić information content (AvgIpc) is 2.36. The van der Waals surface area contributed by atoms with Gasteiger partial charge in [0.05, 0.1) is 17.3 Å². The van der Waals surface area contributed by atoms with Crippen molar-refractivity contribution < 1.29 is 14.9 Å². The van der Waals surface area contributed by atoms with Crippen LogP contribution in [0, 0.1) is 23.7 Å². The summed E-state index contributed by atoms with van der Waals surface area (Å²) in [6.45, 7) is 11.1. The van der Waals surface area contributed by atoms with E-state index in [0.29, 0.717) is 37.2 Å². The molecule has 3 heteroatoms. The fourth-order valence-corrected chi connectivity index (χ4v) is 4.66. The molecule has 2 rings (SSSR count). The fourth-order valence-electron chi connectivity index (χ4n) is 4.66. The molecule has 2 N–H and O–H groups in total. The molecular weight excluding hydrogens is 252 g/mol. The summed E-state index contributed by atoms with van der Waals surface area (Å²) in [6, 6.07) is 0. The van der Waals surface area contributed by atoms with Crippen molar-refractivity contribution in [2.45, 2.75) is 77.6 Å². The van der Waals surface area contributed by atoms with Gasteiger partial charge >= 0.3 is 0 Å². The molecule has 0 unspecified atom stereocenters. The summed E-state index contributed by atoms with van der Waals surface area (Å²) in [5, 5.41) is 22.1. The summed E-state index contributed by atoms with van der Waals surface area (Å²) in [5.74, 6) is 1.28. The summed E-state index contributed by atoms with van der Waals surface area (Å²) < 4.78 is 5.95. The van der Waals surface area contributed by atoms with E-state index in [1.54, 1.807) is 0 Å². The molecule has 2 aliphatic rings. The van der Waals surface area contributed by atoms with Gasteiger partial charge in [0, 0.05) is 12.5 Å². The van der Waals surface area contributed by atoms with Crippen molar-refractivity contribution in [3.8, 4) is 0 Å². The molecule has 0 bridgehead atoms. The Morgan fingerprint density at radius 1 is 1.20 bits per heavy atom. The zero-order valence-electron chi connectivity index (χ0n) is 13.7. The highest BCUT2D eigenvalue weighted by Crippen LogP contribution is 2.54. The number of hydrogen-bond acceptors (Lipinski definition) is 3. The maximum atomic E-state index is 11.3. The minimum atomic E-state index is -0.822. The SMILES string of the molecule is CCO[C@@H]1[C@H]2[C@H](C(C)C)CC[C@@H](C)[C@]2(O)CC[C@@]1(C)O. The Bertz CT molecular complexity index is 339. The fraction of sp³-hybridized carbons (Fsp3) is 1.00. The van der Waals surface area contributed by atoms with Gasteiger partial charge in [-0.05, 0) is 57.3 Å². The van der Waals surface area contributed by atoms with Crippen molar-refractivity contribution in [3.63, 3.8) is 0 Å². The van der Waals surface area contributed by atoms with E-state index in [1.807, 2.05) is 13.8 Å². The van der Waals surface area contributed by atoms with E-state index < -0.39 is 11.2 Å². The van der Waals surface area contributed by atoms with Crippen LogP contribution in [0.3, 0.4) is 0 Å². The summed E-state index contributed by atoms with van der Waals surface area (Å²) in [4.78, 5) is 0. The van der Waals surface area contributed by atoms with Crippen molar-refractivity contribution >= 4 is 0 Å². The molecule has 2 fully saturated rings. The van der Waals surface area contributed by atoms with E-state index in [4.69, 9.17) is 4.74 Å². The molecule has 2 aliphatic carbocycles. The largest absolute Gasteiger partial charge is 0.389 e. The average molecular weight is 284 g/mol. The Morgan fingerprint density at radius 3 is 2.40 bits per heavy atom. The first-order valence-electron chi connectivity index (χ1n) is 8.30. The molecule has 0 amide bonds. The third-order valence-electron chi connectivity index (χ3n) is 6.00. The first kappa shape index (κ1) is 16.3. The topological polar surface area (TPSA) is 49.7 Å². The van der Waals surface area contributed by atoms with Crippen molar-refractivity contribution in [1.29, 1.82) is 0 Å². The van der Waals surface area contributed by atoms with Crippen LogP contribution < -0.4 is 0 Å². The Morgan fingerprint density at radius 2 is 1.85 bits per heavy atom. The molecule has 2 saturated carbocycles. The molecule has 0 aliphatic heterocycles. The van der Waals surface area contributed by atoms with Gasteiger partial charge < -0.3 is 14.9 Å². The summed E-state index contributed by atoms with van der Waals surface area (Å²) in [7, 11) is 0. The van der Waals surface area contributed by atoms with Crippen molar-refractivity contribution in [2.24, 2.45) is 23.7 Å². The van der Waals surface area contributed by atoms with Gasteiger partial charge in [-0.25, -0.2) is 0 Å².